The first-order chi connectivity index (χ1) is 4.68. The van der Waals surface area contributed by atoms with Crippen molar-refractivity contribution in [3.8, 4) is 0 Å². The van der Waals surface area contributed by atoms with Crippen LogP contribution in [0.1, 0.15) is 20.3 Å². The highest BCUT2D eigenvalue weighted by atomic mass is 16.6. The second-order valence-corrected chi connectivity index (χ2v) is 3.07. The highest BCUT2D eigenvalue weighted by Crippen LogP contribution is 2.08. The van der Waals surface area contributed by atoms with Crippen molar-refractivity contribution >= 4 is 6.09 Å². The minimum atomic E-state index is -0.273. The number of rotatable bonds is 2. The van der Waals surface area contributed by atoms with Crippen LogP contribution in [0.3, 0.4) is 0 Å². The van der Waals surface area contributed by atoms with Gasteiger partial charge in [0.2, 0.25) is 0 Å². The molecule has 1 aliphatic heterocycles. The van der Waals surface area contributed by atoms with Crippen LogP contribution >= 0.6 is 0 Å². The topological polar surface area (TPSA) is 38.3 Å². The van der Waals surface area contributed by atoms with Gasteiger partial charge in [-0.1, -0.05) is 13.8 Å². The minimum Gasteiger partial charge on any atom is -0.447 e. The van der Waals surface area contributed by atoms with Gasteiger partial charge in [-0.2, -0.15) is 0 Å². The Morgan fingerprint density at radius 2 is 2.50 bits per heavy atom. The Kier molecular flexibility index (Phi) is 2.14. The molecule has 1 rings (SSSR count). The van der Waals surface area contributed by atoms with E-state index in [1.54, 1.807) is 0 Å². The molecule has 0 unspecified atom stereocenters. The van der Waals surface area contributed by atoms with E-state index in [1.807, 2.05) is 0 Å². The number of nitrogens with one attached hydrogen (secondary N) is 1. The Hall–Kier alpha value is -0.730. The molecule has 58 valence electrons. The largest absolute Gasteiger partial charge is 0.447 e. The summed E-state index contributed by atoms with van der Waals surface area (Å²) < 4.78 is 4.72. The van der Waals surface area contributed by atoms with Crippen LogP contribution in [0.4, 0.5) is 4.79 Å². The zero-order valence-electron chi connectivity index (χ0n) is 6.39. The molecule has 0 aromatic rings. The monoisotopic (exact) mass is 145 g/mol. The van der Waals surface area contributed by atoms with Crippen molar-refractivity contribution < 1.29 is 9.53 Å². The number of alkyl carbamates (subject to hydrolysis) is 1. The van der Waals surface area contributed by atoms with Gasteiger partial charge in [0, 0.05) is 0 Å². The molecule has 0 aromatic carbocycles. The van der Waals surface area contributed by atoms with Gasteiger partial charge in [-0.15, -0.1) is 0 Å². The number of hydrogen-bond acceptors (Lipinski definition) is 2. The molecule has 1 aliphatic rings. The third-order valence-electron chi connectivity index (χ3n) is 1.49. The fourth-order valence-corrected chi connectivity index (χ4v) is 1.12. The lowest BCUT2D eigenvalue weighted by Crippen LogP contribution is -2.27. The molecule has 1 saturated heterocycles. The van der Waals surface area contributed by atoms with Crippen LogP contribution in [0.25, 0.3) is 0 Å². The van der Waals surface area contributed by atoms with Crippen LogP contribution < -0.4 is 5.32 Å². The van der Waals surface area contributed by atoms with Crippen LogP contribution in [0.5, 0.6) is 0 Å². The van der Waals surface area contributed by atoms with Gasteiger partial charge in [0.1, 0.15) is 6.61 Å². The van der Waals surface area contributed by atoms with E-state index >= 15 is 0 Å². The summed E-state index contributed by atoms with van der Waals surface area (Å²) in [4.78, 5) is 10.5. The number of hydrogen-bond donors (Lipinski definition) is 1. The van der Waals surface area contributed by atoms with Crippen molar-refractivity contribution in [2.24, 2.45) is 5.92 Å². The Morgan fingerprint density at radius 1 is 1.80 bits per heavy atom. The molecule has 0 saturated carbocycles. The molecule has 1 N–H and O–H groups in total. The molecular weight excluding hydrogens is 132 g/mol. The summed E-state index contributed by atoms with van der Waals surface area (Å²) in [5.74, 6) is 0.618. The first-order valence-corrected chi connectivity index (χ1v) is 3.62. The maximum absolute atomic E-state index is 10.5. The summed E-state index contributed by atoms with van der Waals surface area (Å²) in [6.07, 6.45) is 0.733. The fraction of sp³-hybridized carbons (Fsp3) is 0.857. The SMILES string of the molecule is C[14CH](C)C[C@@H]1COC(=O)N1. The van der Waals surface area contributed by atoms with Gasteiger partial charge < -0.3 is 10.1 Å². The van der Waals surface area contributed by atoms with E-state index in [0.717, 1.165) is 6.42 Å². The quantitative estimate of drug-likeness (QED) is 0.632. The Bertz CT molecular complexity index is 134. The highest BCUT2D eigenvalue weighted by molar-refractivity contribution is 5.69. The normalized spacial score (nSPS) is 24.7. The standard InChI is InChI=1S/C7H13NO2/c1-5(2)3-6-4-10-7(9)8-6/h5-6H,3-4H2,1-2H3,(H,8,9)/t6-/m1/s1/i5+2. The summed E-state index contributed by atoms with van der Waals surface area (Å²) in [6.45, 7) is 4.80. The predicted molar refractivity (Wildman–Crippen MR) is 37.7 cm³/mol. The van der Waals surface area contributed by atoms with Crippen molar-refractivity contribution in [3.63, 3.8) is 0 Å². The number of cyclic esters (lactones) is 1. The molecule has 0 spiro atoms. The van der Waals surface area contributed by atoms with Crippen molar-refractivity contribution in [2.75, 3.05) is 6.61 Å². The van der Waals surface area contributed by atoms with Crippen LogP contribution in [0, 0.1) is 5.92 Å². The van der Waals surface area contributed by atoms with Crippen LogP contribution in [0.15, 0.2) is 0 Å². The van der Waals surface area contributed by atoms with E-state index < -0.39 is 0 Å². The summed E-state index contributed by atoms with van der Waals surface area (Å²) in [5, 5.41) is 2.72. The number of carbonyl (C=O) groups excluding carboxylic acids is 1. The smallest absolute Gasteiger partial charge is 0.407 e. The Morgan fingerprint density at radius 3 is 2.90 bits per heavy atom. The van der Waals surface area contributed by atoms with Gasteiger partial charge in [-0.3, -0.25) is 0 Å². The zero-order chi connectivity index (χ0) is 7.56. The average molecular weight is 145 g/mol. The summed E-state index contributed by atoms with van der Waals surface area (Å²) >= 11 is 0. The van der Waals surface area contributed by atoms with Crippen molar-refractivity contribution in [2.45, 2.75) is 26.3 Å². The Balaban J connectivity index is 2.24. The van der Waals surface area contributed by atoms with Crippen LogP contribution in [0.2, 0.25) is 0 Å². The maximum Gasteiger partial charge on any atom is 0.407 e. The molecule has 1 fully saturated rings. The molecule has 0 aliphatic carbocycles. The van der Waals surface area contributed by atoms with E-state index in [9.17, 15) is 4.79 Å². The molecule has 10 heavy (non-hydrogen) atoms. The van der Waals surface area contributed by atoms with E-state index in [1.165, 1.54) is 0 Å². The average Bonchev–Trinajstić information content (AvgIpc) is 2.13. The van der Waals surface area contributed by atoms with Crippen molar-refractivity contribution in [1.82, 2.24) is 5.32 Å². The number of ether oxygens (including phenoxy) is 1. The fourth-order valence-electron chi connectivity index (χ4n) is 1.12. The first kappa shape index (κ1) is 7.38. The van der Waals surface area contributed by atoms with Crippen molar-refractivity contribution in [1.29, 1.82) is 0 Å². The van der Waals surface area contributed by atoms with Gasteiger partial charge in [0.25, 0.3) is 0 Å². The van der Waals surface area contributed by atoms with E-state index in [-0.39, 0.29) is 12.1 Å². The summed E-state index contributed by atoms with van der Waals surface area (Å²) in [5.41, 5.74) is 0. The molecule has 1 heterocycles. The second-order valence-electron chi connectivity index (χ2n) is 3.07. The lowest BCUT2D eigenvalue weighted by Gasteiger charge is -2.08. The Labute approximate surface area is 60.7 Å². The third kappa shape index (κ3) is 1.90. The van der Waals surface area contributed by atoms with Gasteiger partial charge in [0.15, 0.2) is 0 Å². The molecule has 1 amide bonds. The predicted octanol–water partition coefficient (Wildman–Crippen LogP) is 1.14. The number of amides is 1. The third-order valence-corrected chi connectivity index (χ3v) is 1.49. The van der Waals surface area contributed by atoms with Gasteiger partial charge >= 0.3 is 6.09 Å². The molecular formula is C7H13NO2. The van der Waals surface area contributed by atoms with Crippen molar-refractivity contribution in [3.05, 3.63) is 0 Å². The molecule has 0 radical (unpaired) electrons. The highest BCUT2D eigenvalue weighted by Gasteiger charge is 2.22. The molecule has 0 aromatic heterocycles. The summed E-state index contributed by atoms with van der Waals surface area (Å²) in [6, 6.07) is 0.243. The molecule has 1 atom stereocenters. The molecule has 3 heteroatoms. The second kappa shape index (κ2) is 2.90. The minimum absolute atomic E-state index is 0.243. The van der Waals surface area contributed by atoms with Crippen LogP contribution in [-0.4, -0.2) is 18.7 Å². The first-order valence-electron chi connectivity index (χ1n) is 3.62. The lowest BCUT2D eigenvalue weighted by molar-refractivity contribution is 0.176. The summed E-state index contributed by atoms with van der Waals surface area (Å²) in [7, 11) is 0. The zero-order valence-corrected chi connectivity index (χ0v) is 6.39. The van der Waals surface area contributed by atoms with E-state index in [0.29, 0.717) is 12.5 Å². The van der Waals surface area contributed by atoms with Gasteiger partial charge in [-0.05, 0) is 12.3 Å². The van der Waals surface area contributed by atoms with E-state index in [4.69, 9.17) is 4.74 Å². The van der Waals surface area contributed by atoms with Crippen LogP contribution in [-0.2, 0) is 4.74 Å². The number of carbonyl (C=O) groups is 1. The lowest BCUT2D eigenvalue weighted by atomic mass is 10.3. The van der Waals surface area contributed by atoms with E-state index in [2.05, 4.69) is 19.2 Å². The van der Waals surface area contributed by atoms with Gasteiger partial charge in [-0.25, -0.2) is 4.79 Å². The van der Waals surface area contributed by atoms with Gasteiger partial charge in [0.05, 0.1) is 6.04 Å². The molecule has 3 nitrogen and oxygen atoms in total. The molecule has 0 bridgehead atoms. The maximum atomic E-state index is 10.5.